The van der Waals surface area contributed by atoms with Crippen LogP contribution in [0.3, 0.4) is 0 Å². The number of benzene rings is 2. The fourth-order valence-electron chi connectivity index (χ4n) is 6.18. The van der Waals surface area contributed by atoms with E-state index in [1.807, 2.05) is 52.0 Å². The summed E-state index contributed by atoms with van der Waals surface area (Å²) in [4.78, 5) is 32.1. The molecule has 39 heavy (non-hydrogen) atoms. The molecule has 0 N–H and O–H groups in total. The third-order valence-electron chi connectivity index (χ3n) is 8.84. The summed E-state index contributed by atoms with van der Waals surface area (Å²) in [5.74, 6) is 0.225. The third kappa shape index (κ3) is 5.18. The van der Waals surface area contributed by atoms with Crippen molar-refractivity contribution in [1.29, 1.82) is 0 Å². The number of morpholine rings is 2. The average molecular weight is 534 g/mol. The number of unbranched alkanes of at least 4 members (excludes halogenated alkanes) is 1. The van der Waals surface area contributed by atoms with E-state index in [4.69, 9.17) is 9.47 Å². The maximum atomic E-state index is 13.8. The van der Waals surface area contributed by atoms with Crippen LogP contribution < -0.4 is 0 Å². The van der Waals surface area contributed by atoms with Gasteiger partial charge in [-0.1, -0.05) is 13.3 Å². The van der Waals surface area contributed by atoms with Gasteiger partial charge in [-0.3, -0.25) is 19.4 Å². The highest BCUT2D eigenvalue weighted by Crippen LogP contribution is 2.34. The molecule has 0 bridgehead atoms. The molecule has 2 saturated heterocycles. The zero-order valence-corrected chi connectivity index (χ0v) is 24.2. The second-order valence-electron chi connectivity index (χ2n) is 11.9. The Hall–Kier alpha value is -2.58. The second kappa shape index (κ2) is 11.1. The van der Waals surface area contributed by atoms with E-state index in [0.29, 0.717) is 37.6 Å². The first-order chi connectivity index (χ1) is 18.7. The Morgan fingerprint density at radius 3 is 1.51 bits per heavy atom. The molecule has 0 aliphatic carbocycles. The molecule has 2 fully saturated rings. The SMILES string of the molecule is CCCCn1c2ccc(C(=O)C(C)(C)N3CCOCC3)cc2c2cc(C(=O)C(C)(C)N3CCOCC3)ccc21. The van der Waals surface area contributed by atoms with E-state index in [1.165, 1.54) is 0 Å². The van der Waals surface area contributed by atoms with E-state index in [2.05, 4.69) is 33.4 Å². The predicted octanol–water partition coefficient (Wildman–Crippen LogP) is 5.18. The van der Waals surface area contributed by atoms with Crippen molar-refractivity contribution in [3.8, 4) is 0 Å². The van der Waals surface area contributed by atoms with Crippen molar-refractivity contribution in [2.75, 3.05) is 52.6 Å². The fourth-order valence-corrected chi connectivity index (χ4v) is 6.18. The molecule has 0 spiro atoms. The summed E-state index contributed by atoms with van der Waals surface area (Å²) in [5, 5.41) is 2.06. The second-order valence-corrected chi connectivity index (χ2v) is 11.9. The number of aromatic nitrogens is 1. The fraction of sp³-hybridized carbons (Fsp3) is 0.562. The number of ether oxygens (including phenoxy) is 2. The van der Waals surface area contributed by atoms with Crippen LogP contribution in [0, 0.1) is 0 Å². The minimum Gasteiger partial charge on any atom is -0.379 e. The number of fused-ring (bicyclic) bond motifs is 3. The lowest BCUT2D eigenvalue weighted by molar-refractivity contribution is -0.00442. The van der Waals surface area contributed by atoms with Crippen molar-refractivity contribution < 1.29 is 19.1 Å². The van der Waals surface area contributed by atoms with Crippen LogP contribution >= 0.6 is 0 Å². The molecule has 1 aromatic heterocycles. The molecule has 3 aromatic rings. The molecule has 7 nitrogen and oxygen atoms in total. The summed E-state index contributed by atoms with van der Waals surface area (Å²) in [7, 11) is 0. The summed E-state index contributed by atoms with van der Waals surface area (Å²) in [6.45, 7) is 16.8. The largest absolute Gasteiger partial charge is 0.379 e. The number of hydrogen-bond donors (Lipinski definition) is 0. The summed E-state index contributed by atoms with van der Waals surface area (Å²) >= 11 is 0. The van der Waals surface area contributed by atoms with Crippen LogP contribution in [-0.4, -0.2) is 89.6 Å². The number of ketones is 2. The lowest BCUT2D eigenvalue weighted by Gasteiger charge is -2.39. The first-order valence-corrected chi connectivity index (χ1v) is 14.5. The number of rotatable bonds is 9. The molecule has 0 amide bonds. The number of carbonyl (C=O) groups is 2. The topological polar surface area (TPSA) is 64.0 Å². The summed E-state index contributed by atoms with van der Waals surface area (Å²) in [5.41, 5.74) is 2.38. The standard InChI is InChI=1S/C32H43N3O4/c1-6-7-12-35-27-10-8-23(29(36)31(2,3)33-13-17-38-18-14-33)21-25(27)26-22-24(9-11-28(26)35)30(37)32(4,5)34-15-19-39-20-16-34/h8-11,21-22H,6-7,12-20H2,1-5H3. The Kier molecular flexibility index (Phi) is 7.98. The minimum absolute atomic E-state index is 0.112. The zero-order valence-electron chi connectivity index (χ0n) is 24.2. The molecule has 3 heterocycles. The highest BCUT2D eigenvalue weighted by atomic mass is 16.5. The van der Waals surface area contributed by atoms with Crippen molar-refractivity contribution in [3.05, 3.63) is 47.5 Å². The third-order valence-corrected chi connectivity index (χ3v) is 8.84. The van der Waals surface area contributed by atoms with Gasteiger partial charge in [0.25, 0.3) is 0 Å². The van der Waals surface area contributed by atoms with Gasteiger partial charge in [0.05, 0.1) is 37.5 Å². The van der Waals surface area contributed by atoms with Gasteiger partial charge in [-0.2, -0.15) is 0 Å². The van der Waals surface area contributed by atoms with E-state index >= 15 is 0 Å². The maximum Gasteiger partial charge on any atom is 0.182 e. The van der Waals surface area contributed by atoms with Crippen LogP contribution in [0.5, 0.6) is 0 Å². The van der Waals surface area contributed by atoms with Gasteiger partial charge in [0.1, 0.15) is 0 Å². The first-order valence-electron chi connectivity index (χ1n) is 14.5. The molecule has 2 aliphatic rings. The lowest BCUT2D eigenvalue weighted by atomic mass is 9.89. The number of nitrogens with zero attached hydrogens (tertiary/aromatic N) is 3. The normalized spacial score (nSPS) is 18.2. The van der Waals surface area contributed by atoms with Crippen molar-refractivity contribution >= 4 is 33.4 Å². The van der Waals surface area contributed by atoms with E-state index < -0.39 is 11.1 Å². The van der Waals surface area contributed by atoms with E-state index in [1.54, 1.807) is 0 Å². The van der Waals surface area contributed by atoms with Crippen molar-refractivity contribution in [3.63, 3.8) is 0 Å². The monoisotopic (exact) mass is 533 g/mol. The van der Waals surface area contributed by atoms with Crippen LogP contribution in [0.25, 0.3) is 21.8 Å². The molecule has 7 heteroatoms. The van der Waals surface area contributed by atoms with Gasteiger partial charge in [-0.25, -0.2) is 0 Å². The summed E-state index contributed by atoms with van der Waals surface area (Å²) in [6, 6.07) is 12.2. The minimum atomic E-state index is -0.624. The lowest BCUT2D eigenvalue weighted by Crippen LogP contribution is -2.54. The Labute approximate surface area is 232 Å². The molecule has 2 aromatic carbocycles. The molecule has 210 valence electrons. The molecule has 0 unspecified atom stereocenters. The molecular weight excluding hydrogens is 490 g/mol. The molecule has 0 atom stereocenters. The van der Waals surface area contributed by atoms with E-state index in [0.717, 1.165) is 67.4 Å². The number of hydrogen-bond acceptors (Lipinski definition) is 6. The molecule has 2 aliphatic heterocycles. The van der Waals surface area contributed by atoms with Crippen LogP contribution in [0.1, 0.15) is 68.2 Å². The molecular formula is C32H43N3O4. The van der Waals surface area contributed by atoms with Gasteiger partial charge in [0, 0.05) is 65.7 Å². The Morgan fingerprint density at radius 1 is 0.718 bits per heavy atom. The van der Waals surface area contributed by atoms with Crippen molar-refractivity contribution in [2.24, 2.45) is 0 Å². The van der Waals surface area contributed by atoms with E-state index in [-0.39, 0.29) is 11.6 Å². The predicted molar refractivity (Wildman–Crippen MR) is 156 cm³/mol. The van der Waals surface area contributed by atoms with Gasteiger partial charge in [-0.05, 0) is 70.5 Å². The zero-order chi connectivity index (χ0) is 27.8. The van der Waals surface area contributed by atoms with Crippen molar-refractivity contribution in [1.82, 2.24) is 14.4 Å². The van der Waals surface area contributed by atoms with Crippen LogP contribution in [0.2, 0.25) is 0 Å². The van der Waals surface area contributed by atoms with Crippen LogP contribution in [0.15, 0.2) is 36.4 Å². The Bertz CT molecular complexity index is 1260. The number of carbonyl (C=O) groups excluding carboxylic acids is 2. The maximum absolute atomic E-state index is 13.8. The summed E-state index contributed by atoms with van der Waals surface area (Å²) < 4.78 is 13.4. The highest BCUT2D eigenvalue weighted by Gasteiger charge is 2.37. The first kappa shape index (κ1) is 28.0. The molecule has 5 rings (SSSR count). The Morgan fingerprint density at radius 2 is 1.13 bits per heavy atom. The smallest absolute Gasteiger partial charge is 0.182 e. The van der Waals surface area contributed by atoms with Crippen LogP contribution in [-0.2, 0) is 16.0 Å². The van der Waals surface area contributed by atoms with Gasteiger partial charge in [-0.15, -0.1) is 0 Å². The molecule has 0 radical (unpaired) electrons. The summed E-state index contributed by atoms with van der Waals surface area (Å²) in [6.07, 6.45) is 2.16. The van der Waals surface area contributed by atoms with E-state index in [9.17, 15) is 9.59 Å². The quantitative estimate of drug-likeness (QED) is 0.353. The molecule has 0 saturated carbocycles. The van der Waals surface area contributed by atoms with Gasteiger partial charge >= 0.3 is 0 Å². The highest BCUT2D eigenvalue weighted by molar-refractivity contribution is 6.14. The number of aryl methyl sites for hydroxylation is 1. The van der Waals surface area contributed by atoms with Crippen LogP contribution in [0.4, 0.5) is 0 Å². The van der Waals surface area contributed by atoms with Crippen molar-refractivity contribution in [2.45, 2.75) is 65.1 Å². The Balaban J connectivity index is 1.57. The van der Waals surface area contributed by atoms with Gasteiger partial charge < -0.3 is 14.0 Å². The van der Waals surface area contributed by atoms with Gasteiger partial charge in [0.15, 0.2) is 11.6 Å². The number of Topliss-reactive ketones (excluding diaryl/α,β-unsaturated/α-hetero) is 2. The average Bonchev–Trinajstić information content (AvgIpc) is 3.28. The van der Waals surface area contributed by atoms with Gasteiger partial charge in [0.2, 0.25) is 0 Å².